The highest BCUT2D eigenvalue weighted by Gasteiger charge is 2.43. The van der Waals surface area contributed by atoms with Crippen molar-refractivity contribution in [1.82, 2.24) is 9.55 Å². The molecule has 2 aliphatic rings. The summed E-state index contributed by atoms with van der Waals surface area (Å²) in [6.07, 6.45) is 3.67. The van der Waals surface area contributed by atoms with Crippen molar-refractivity contribution in [2.45, 2.75) is 51.6 Å². The summed E-state index contributed by atoms with van der Waals surface area (Å²) in [5.74, 6) is -0.829. The number of benzene rings is 2. The van der Waals surface area contributed by atoms with Crippen LogP contribution in [0.15, 0.2) is 47.3 Å². The average Bonchev–Trinajstić information content (AvgIpc) is 3.08. The molecule has 2 amide bonds. The van der Waals surface area contributed by atoms with E-state index in [4.69, 9.17) is 4.74 Å². The highest BCUT2D eigenvalue weighted by molar-refractivity contribution is 6.14. The van der Waals surface area contributed by atoms with Crippen LogP contribution in [0.3, 0.4) is 0 Å². The van der Waals surface area contributed by atoms with Gasteiger partial charge in [-0.2, -0.15) is 0 Å². The Morgan fingerprint density at radius 2 is 1.89 bits per heavy atom. The van der Waals surface area contributed by atoms with Crippen LogP contribution in [-0.2, 0) is 27.3 Å². The number of carbonyl (C=O) groups is 3. The third kappa shape index (κ3) is 3.96. The molecular weight excluding hydrogens is 448 g/mol. The largest absolute Gasteiger partial charge is 0.452 e. The average molecular weight is 475 g/mol. The number of carbonyl (C=O) groups excluding carboxylic acids is 3. The van der Waals surface area contributed by atoms with Crippen molar-refractivity contribution in [1.29, 1.82) is 0 Å². The number of aromatic nitrogens is 2. The molecule has 0 saturated heterocycles. The molecule has 2 aliphatic heterocycles. The monoisotopic (exact) mass is 474 g/mol. The van der Waals surface area contributed by atoms with E-state index in [1.165, 1.54) is 17.0 Å². The van der Waals surface area contributed by atoms with Crippen molar-refractivity contribution in [3.63, 3.8) is 0 Å². The van der Waals surface area contributed by atoms with E-state index in [2.05, 4.69) is 10.3 Å². The van der Waals surface area contributed by atoms with Crippen molar-refractivity contribution in [2.75, 3.05) is 16.8 Å². The van der Waals surface area contributed by atoms with Gasteiger partial charge in [-0.15, -0.1) is 0 Å². The summed E-state index contributed by atoms with van der Waals surface area (Å²) in [6.45, 7) is 3.38. The quantitative estimate of drug-likeness (QED) is 0.584. The van der Waals surface area contributed by atoms with Gasteiger partial charge >= 0.3 is 5.97 Å². The van der Waals surface area contributed by atoms with Crippen molar-refractivity contribution in [3.8, 4) is 0 Å². The van der Waals surface area contributed by atoms with E-state index in [0.717, 1.165) is 31.5 Å². The van der Waals surface area contributed by atoms with Gasteiger partial charge in [0, 0.05) is 13.0 Å². The SMILES string of the molecule is CC1(C)C(=O)Nc2ccccc2N1C(=O)COC(=O)c1ccc2c(=O)n3c(nc2c1)CCCCC3. The van der Waals surface area contributed by atoms with Crippen LogP contribution in [0.5, 0.6) is 0 Å². The maximum Gasteiger partial charge on any atom is 0.338 e. The summed E-state index contributed by atoms with van der Waals surface area (Å²) < 4.78 is 7.05. The number of amides is 2. The number of rotatable bonds is 3. The smallest absolute Gasteiger partial charge is 0.338 e. The van der Waals surface area contributed by atoms with Crippen molar-refractivity contribution in [3.05, 3.63) is 64.2 Å². The Kier molecular flexibility index (Phi) is 5.62. The molecule has 180 valence electrons. The zero-order valence-electron chi connectivity index (χ0n) is 19.7. The number of hydrogen-bond donors (Lipinski definition) is 1. The fourth-order valence-electron chi connectivity index (χ4n) is 4.72. The lowest BCUT2D eigenvalue weighted by Crippen LogP contribution is -2.59. The lowest BCUT2D eigenvalue weighted by atomic mass is 9.96. The minimum atomic E-state index is -1.16. The number of para-hydroxylation sites is 2. The predicted octanol–water partition coefficient (Wildman–Crippen LogP) is 3.04. The second-order valence-corrected chi connectivity index (χ2v) is 9.36. The van der Waals surface area contributed by atoms with Gasteiger partial charge in [-0.1, -0.05) is 18.6 Å². The summed E-state index contributed by atoms with van der Waals surface area (Å²) in [5.41, 5.74) is 0.423. The van der Waals surface area contributed by atoms with Crippen LogP contribution in [0.4, 0.5) is 11.4 Å². The number of nitrogens with one attached hydrogen (secondary N) is 1. The van der Waals surface area contributed by atoms with E-state index in [9.17, 15) is 19.2 Å². The fraction of sp³-hybridized carbons (Fsp3) is 0.346. The number of aryl methyl sites for hydroxylation is 1. The molecule has 0 bridgehead atoms. The van der Waals surface area contributed by atoms with E-state index in [-0.39, 0.29) is 17.0 Å². The van der Waals surface area contributed by atoms with E-state index < -0.39 is 24.0 Å². The van der Waals surface area contributed by atoms with Crippen LogP contribution < -0.4 is 15.8 Å². The Labute approximate surface area is 201 Å². The Balaban J connectivity index is 1.37. The van der Waals surface area contributed by atoms with Crippen LogP contribution >= 0.6 is 0 Å². The number of esters is 1. The molecule has 1 N–H and O–H groups in total. The van der Waals surface area contributed by atoms with Crippen LogP contribution in [-0.4, -0.2) is 39.5 Å². The summed E-state index contributed by atoms with van der Waals surface area (Å²) in [5, 5.41) is 3.24. The number of ether oxygens (including phenoxy) is 1. The second kappa shape index (κ2) is 8.65. The van der Waals surface area contributed by atoms with Gasteiger partial charge in [-0.3, -0.25) is 23.9 Å². The Bertz CT molecular complexity index is 1420. The first-order chi connectivity index (χ1) is 16.8. The molecule has 0 atom stereocenters. The van der Waals surface area contributed by atoms with Crippen molar-refractivity contribution in [2.24, 2.45) is 0 Å². The zero-order valence-corrected chi connectivity index (χ0v) is 19.7. The van der Waals surface area contributed by atoms with Gasteiger partial charge in [0.2, 0.25) is 5.91 Å². The maximum atomic E-state index is 13.1. The second-order valence-electron chi connectivity index (χ2n) is 9.36. The molecule has 0 radical (unpaired) electrons. The van der Waals surface area contributed by atoms with E-state index in [1.54, 1.807) is 48.7 Å². The molecule has 0 spiro atoms. The van der Waals surface area contributed by atoms with Gasteiger partial charge in [0.25, 0.3) is 11.5 Å². The Hall–Kier alpha value is -4.01. The first-order valence-electron chi connectivity index (χ1n) is 11.7. The molecule has 9 heteroatoms. The van der Waals surface area contributed by atoms with Gasteiger partial charge < -0.3 is 10.1 Å². The van der Waals surface area contributed by atoms with Crippen LogP contribution in [0, 0.1) is 0 Å². The molecule has 1 aromatic heterocycles. The molecule has 3 heterocycles. The number of hydrogen-bond acceptors (Lipinski definition) is 6. The lowest BCUT2D eigenvalue weighted by Gasteiger charge is -2.41. The summed E-state index contributed by atoms with van der Waals surface area (Å²) >= 11 is 0. The molecule has 0 saturated carbocycles. The van der Waals surface area contributed by atoms with E-state index in [0.29, 0.717) is 28.8 Å². The van der Waals surface area contributed by atoms with Gasteiger partial charge in [-0.05, 0) is 57.0 Å². The van der Waals surface area contributed by atoms with Gasteiger partial charge in [-0.25, -0.2) is 9.78 Å². The molecule has 5 rings (SSSR count). The molecule has 35 heavy (non-hydrogen) atoms. The molecular formula is C26H26N4O5. The van der Waals surface area contributed by atoms with Gasteiger partial charge in [0.15, 0.2) is 6.61 Å². The third-order valence-corrected chi connectivity index (χ3v) is 6.64. The first-order valence-corrected chi connectivity index (χ1v) is 11.7. The highest BCUT2D eigenvalue weighted by atomic mass is 16.5. The fourth-order valence-corrected chi connectivity index (χ4v) is 4.72. The minimum Gasteiger partial charge on any atom is -0.452 e. The third-order valence-electron chi connectivity index (χ3n) is 6.64. The molecule has 0 fully saturated rings. The molecule has 0 unspecified atom stereocenters. The topological polar surface area (TPSA) is 111 Å². The maximum absolute atomic E-state index is 13.1. The lowest BCUT2D eigenvalue weighted by molar-refractivity contribution is -0.128. The summed E-state index contributed by atoms with van der Waals surface area (Å²) in [4.78, 5) is 57.4. The Morgan fingerprint density at radius 3 is 2.71 bits per heavy atom. The number of anilines is 2. The van der Waals surface area contributed by atoms with Crippen LogP contribution in [0.25, 0.3) is 10.9 Å². The Morgan fingerprint density at radius 1 is 1.09 bits per heavy atom. The highest BCUT2D eigenvalue weighted by Crippen LogP contribution is 2.36. The number of fused-ring (bicyclic) bond motifs is 3. The molecule has 9 nitrogen and oxygen atoms in total. The molecule has 2 aromatic carbocycles. The van der Waals surface area contributed by atoms with Gasteiger partial charge in [0.1, 0.15) is 11.4 Å². The number of nitrogens with zero attached hydrogens (tertiary/aromatic N) is 3. The van der Waals surface area contributed by atoms with Crippen molar-refractivity contribution < 1.29 is 19.1 Å². The van der Waals surface area contributed by atoms with E-state index >= 15 is 0 Å². The summed E-state index contributed by atoms with van der Waals surface area (Å²) in [7, 11) is 0. The molecule has 0 aliphatic carbocycles. The zero-order chi connectivity index (χ0) is 24.7. The summed E-state index contributed by atoms with van der Waals surface area (Å²) in [6, 6.07) is 11.6. The predicted molar refractivity (Wildman–Crippen MR) is 130 cm³/mol. The van der Waals surface area contributed by atoms with Gasteiger partial charge in [0.05, 0.1) is 27.8 Å². The molecule has 3 aromatic rings. The minimum absolute atomic E-state index is 0.105. The first kappa shape index (κ1) is 22.8. The van der Waals surface area contributed by atoms with Crippen LogP contribution in [0.2, 0.25) is 0 Å². The van der Waals surface area contributed by atoms with E-state index in [1.807, 2.05) is 0 Å². The van der Waals surface area contributed by atoms with Crippen LogP contribution in [0.1, 0.15) is 49.3 Å². The normalized spacial score (nSPS) is 16.6. The standard InChI is InChI=1S/C26H26N4O5/c1-26(2)25(34)28-18-8-5-6-9-20(18)30(26)22(31)15-35-24(33)16-11-12-17-19(14-16)27-21-10-4-3-7-13-29(21)23(17)32/h5-6,8-9,11-12,14H,3-4,7,10,13,15H2,1-2H3,(H,28,34). The van der Waals surface area contributed by atoms with Crippen molar-refractivity contribution >= 4 is 40.1 Å².